The average molecular weight is 273 g/mol. The molecule has 3 atom stereocenters. The number of rotatable bonds is 5. The minimum atomic E-state index is -1.31. The number of esters is 1. The second-order valence-corrected chi connectivity index (χ2v) is 5.03. The number of hydrogen-bond acceptors (Lipinski definition) is 6. The van der Waals surface area contributed by atoms with Gasteiger partial charge in [-0.15, -0.1) is 0 Å². The van der Waals surface area contributed by atoms with Crippen molar-refractivity contribution in [1.82, 2.24) is 9.80 Å². The molecule has 1 fully saturated rings. The van der Waals surface area contributed by atoms with Gasteiger partial charge in [0, 0.05) is 19.1 Å². The highest BCUT2D eigenvalue weighted by Crippen LogP contribution is 2.19. The quantitative estimate of drug-likeness (QED) is 0.463. The van der Waals surface area contributed by atoms with Crippen LogP contribution in [0.1, 0.15) is 13.3 Å². The van der Waals surface area contributed by atoms with Crippen molar-refractivity contribution in [2.24, 2.45) is 5.73 Å². The summed E-state index contributed by atoms with van der Waals surface area (Å²) in [5, 5.41) is 9.69. The van der Waals surface area contributed by atoms with E-state index in [0.717, 1.165) is 0 Å². The number of β-amino-alcohol motifs (C(OH)–C–C–N with tert-alkyl or cyclic N) is 1. The van der Waals surface area contributed by atoms with E-state index in [4.69, 9.17) is 10.5 Å². The molecule has 19 heavy (non-hydrogen) atoms. The normalized spacial score (nSPS) is 24.6. The lowest BCUT2D eigenvalue weighted by Crippen LogP contribution is -2.52. The molecule has 1 rings (SSSR count). The van der Waals surface area contributed by atoms with E-state index >= 15 is 0 Å². The smallest absolute Gasteiger partial charge is 0.332 e. The van der Waals surface area contributed by atoms with E-state index in [1.54, 1.807) is 6.92 Å². The summed E-state index contributed by atoms with van der Waals surface area (Å²) in [4.78, 5) is 27.1. The average Bonchev–Trinajstić information content (AvgIpc) is 2.67. The Morgan fingerprint density at radius 3 is 2.68 bits per heavy atom. The standard InChI is InChI=1S/C12H23N3O4/c1-4-19-12(18)10(13)11(17)15-7-9(16)5-8(15)6-14(2)3/h8-10,16H,4-7,13H2,1-3H3. The van der Waals surface area contributed by atoms with Crippen LogP contribution < -0.4 is 5.73 Å². The molecule has 3 unspecified atom stereocenters. The van der Waals surface area contributed by atoms with E-state index in [1.165, 1.54) is 4.90 Å². The third-order valence-electron chi connectivity index (χ3n) is 3.06. The van der Waals surface area contributed by atoms with Crippen LogP contribution in [-0.4, -0.2) is 78.8 Å². The number of likely N-dealkylation sites (N-methyl/N-ethyl adjacent to an activating group) is 1. The molecule has 0 spiro atoms. The summed E-state index contributed by atoms with van der Waals surface area (Å²) in [6.45, 7) is 2.68. The second kappa shape index (κ2) is 6.83. The van der Waals surface area contributed by atoms with Gasteiger partial charge in [0.15, 0.2) is 6.04 Å². The maximum Gasteiger partial charge on any atom is 0.332 e. The van der Waals surface area contributed by atoms with E-state index in [-0.39, 0.29) is 19.2 Å². The van der Waals surface area contributed by atoms with Crippen molar-refractivity contribution in [1.29, 1.82) is 0 Å². The molecule has 0 radical (unpaired) electrons. The van der Waals surface area contributed by atoms with Crippen molar-refractivity contribution in [3.05, 3.63) is 0 Å². The number of amides is 1. The third-order valence-corrected chi connectivity index (χ3v) is 3.06. The van der Waals surface area contributed by atoms with E-state index in [2.05, 4.69) is 0 Å². The molecule has 7 heteroatoms. The fraction of sp³-hybridized carbons (Fsp3) is 0.833. The summed E-state index contributed by atoms with van der Waals surface area (Å²) in [6.07, 6.45) is -0.0669. The monoisotopic (exact) mass is 273 g/mol. The lowest BCUT2D eigenvalue weighted by atomic mass is 10.2. The van der Waals surface area contributed by atoms with Gasteiger partial charge in [0.2, 0.25) is 0 Å². The fourth-order valence-corrected chi connectivity index (χ4v) is 2.27. The minimum Gasteiger partial charge on any atom is -0.464 e. The Morgan fingerprint density at radius 1 is 1.53 bits per heavy atom. The third kappa shape index (κ3) is 4.15. The molecule has 1 saturated heterocycles. The van der Waals surface area contributed by atoms with Gasteiger partial charge in [0.25, 0.3) is 5.91 Å². The number of ether oxygens (including phenoxy) is 1. The predicted octanol–water partition coefficient (Wildman–Crippen LogP) is -1.60. The molecule has 0 aromatic rings. The lowest BCUT2D eigenvalue weighted by Gasteiger charge is -2.28. The van der Waals surface area contributed by atoms with Crippen LogP contribution in [0.5, 0.6) is 0 Å². The Balaban J connectivity index is 2.70. The Hall–Kier alpha value is -1.18. The van der Waals surface area contributed by atoms with Gasteiger partial charge >= 0.3 is 5.97 Å². The number of nitrogens with two attached hydrogens (primary N) is 1. The van der Waals surface area contributed by atoms with E-state index in [9.17, 15) is 14.7 Å². The number of carbonyl (C=O) groups excluding carboxylic acids is 2. The first-order valence-electron chi connectivity index (χ1n) is 6.42. The first-order chi connectivity index (χ1) is 8.86. The highest BCUT2D eigenvalue weighted by molar-refractivity contribution is 6.01. The number of likely N-dealkylation sites (tertiary alicyclic amines) is 1. The zero-order valence-electron chi connectivity index (χ0n) is 11.7. The molecule has 0 aromatic carbocycles. The molecular weight excluding hydrogens is 250 g/mol. The highest BCUT2D eigenvalue weighted by Gasteiger charge is 2.38. The summed E-state index contributed by atoms with van der Waals surface area (Å²) < 4.78 is 4.74. The Labute approximate surface area is 113 Å². The molecule has 1 aliphatic heterocycles. The second-order valence-electron chi connectivity index (χ2n) is 5.03. The maximum atomic E-state index is 12.2. The number of nitrogens with zero attached hydrogens (tertiary/aromatic N) is 2. The SMILES string of the molecule is CCOC(=O)C(N)C(=O)N1CC(O)CC1CN(C)C. The van der Waals surface area contributed by atoms with Crippen molar-refractivity contribution in [2.45, 2.75) is 31.5 Å². The van der Waals surface area contributed by atoms with Gasteiger partial charge in [-0.1, -0.05) is 0 Å². The first-order valence-corrected chi connectivity index (χ1v) is 6.42. The van der Waals surface area contributed by atoms with Gasteiger partial charge < -0.3 is 25.4 Å². The molecule has 110 valence electrons. The molecule has 7 nitrogen and oxygen atoms in total. The summed E-state index contributed by atoms with van der Waals surface area (Å²) in [7, 11) is 3.78. The van der Waals surface area contributed by atoms with Crippen LogP contribution in [0.25, 0.3) is 0 Å². The highest BCUT2D eigenvalue weighted by atomic mass is 16.5. The van der Waals surface area contributed by atoms with Gasteiger partial charge in [0.05, 0.1) is 12.7 Å². The summed E-state index contributed by atoms with van der Waals surface area (Å²) in [5.74, 6) is -1.21. The Kier molecular flexibility index (Phi) is 5.71. The van der Waals surface area contributed by atoms with Crippen LogP contribution in [-0.2, 0) is 14.3 Å². The Morgan fingerprint density at radius 2 is 2.16 bits per heavy atom. The first kappa shape index (κ1) is 15.9. The minimum absolute atomic E-state index is 0.127. The predicted molar refractivity (Wildman–Crippen MR) is 69.3 cm³/mol. The molecule has 1 aliphatic rings. The van der Waals surface area contributed by atoms with Gasteiger partial charge in [-0.25, -0.2) is 4.79 Å². The van der Waals surface area contributed by atoms with E-state index in [0.29, 0.717) is 13.0 Å². The van der Waals surface area contributed by atoms with Gasteiger partial charge in [-0.3, -0.25) is 4.79 Å². The number of aliphatic hydroxyl groups is 1. The van der Waals surface area contributed by atoms with Crippen LogP contribution in [0, 0.1) is 0 Å². The molecule has 0 aliphatic carbocycles. The molecule has 0 saturated carbocycles. The molecular formula is C12H23N3O4. The van der Waals surface area contributed by atoms with Crippen LogP contribution in [0.15, 0.2) is 0 Å². The van der Waals surface area contributed by atoms with Crippen molar-refractivity contribution < 1.29 is 19.4 Å². The lowest BCUT2D eigenvalue weighted by molar-refractivity contribution is -0.151. The largest absolute Gasteiger partial charge is 0.464 e. The topological polar surface area (TPSA) is 96.1 Å². The molecule has 1 heterocycles. The van der Waals surface area contributed by atoms with Gasteiger partial charge in [-0.05, 0) is 27.4 Å². The van der Waals surface area contributed by atoms with Crippen molar-refractivity contribution >= 4 is 11.9 Å². The zero-order chi connectivity index (χ0) is 14.6. The van der Waals surface area contributed by atoms with Crippen LogP contribution in [0.3, 0.4) is 0 Å². The number of aliphatic hydroxyl groups excluding tert-OH is 1. The summed E-state index contributed by atoms with van der Waals surface area (Å²) >= 11 is 0. The van der Waals surface area contributed by atoms with E-state index in [1.807, 2.05) is 19.0 Å². The van der Waals surface area contributed by atoms with Crippen LogP contribution in [0.2, 0.25) is 0 Å². The van der Waals surface area contributed by atoms with Crippen molar-refractivity contribution in [2.75, 3.05) is 33.8 Å². The van der Waals surface area contributed by atoms with Gasteiger partial charge in [0.1, 0.15) is 0 Å². The Bertz CT molecular complexity index is 335. The summed E-state index contributed by atoms with van der Waals surface area (Å²) in [6, 6.07) is -1.44. The van der Waals surface area contributed by atoms with E-state index < -0.39 is 24.0 Å². The number of carbonyl (C=O) groups is 2. The van der Waals surface area contributed by atoms with Crippen molar-refractivity contribution in [3.8, 4) is 0 Å². The van der Waals surface area contributed by atoms with Crippen LogP contribution in [0.4, 0.5) is 0 Å². The molecule has 3 N–H and O–H groups in total. The molecule has 1 amide bonds. The zero-order valence-corrected chi connectivity index (χ0v) is 11.7. The molecule has 0 bridgehead atoms. The summed E-state index contributed by atoms with van der Waals surface area (Å²) in [5.41, 5.74) is 5.60. The van der Waals surface area contributed by atoms with Crippen molar-refractivity contribution in [3.63, 3.8) is 0 Å². The van der Waals surface area contributed by atoms with Crippen LogP contribution >= 0.6 is 0 Å². The number of hydrogen-bond donors (Lipinski definition) is 2. The fourth-order valence-electron chi connectivity index (χ4n) is 2.27. The maximum absolute atomic E-state index is 12.2. The van der Waals surface area contributed by atoms with Gasteiger partial charge in [-0.2, -0.15) is 0 Å². The molecule has 0 aromatic heterocycles.